The van der Waals surface area contributed by atoms with Crippen molar-refractivity contribution in [2.24, 2.45) is 5.73 Å². The molecule has 0 radical (unpaired) electrons. The highest BCUT2D eigenvalue weighted by molar-refractivity contribution is 5.96. The van der Waals surface area contributed by atoms with Crippen molar-refractivity contribution in [3.8, 4) is 0 Å². The minimum absolute atomic E-state index is 0.225. The van der Waals surface area contributed by atoms with Crippen LogP contribution in [-0.2, 0) is 19.2 Å². The number of carboxylic acid groups (broad SMARTS) is 2. The molecule has 1 aliphatic rings. The van der Waals surface area contributed by atoms with Crippen molar-refractivity contribution in [2.75, 3.05) is 6.54 Å². The van der Waals surface area contributed by atoms with Gasteiger partial charge in [0.25, 0.3) is 0 Å². The SMILES string of the molecule is NCC(=O)NC1(C(=O)N[C@@H](CCC(=O)O)C(=O)O)CC1. The molecule has 1 saturated carbocycles. The zero-order valence-electron chi connectivity index (χ0n) is 10.7. The molecule has 20 heavy (non-hydrogen) atoms. The van der Waals surface area contributed by atoms with Crippen LogP contribution >= 0.6 is 0 Å². The summed E-state index contributed by atoms with van der Waals surface area (Å²) in [6.45, 7) is -0.267. The topological polar surface area (TPSA) is 159 Å². The van der Waals surface area contributed by atoms with Gasteiger partial charge in [-0.2, -0.15) is 0 Å². The summed E-state index contributed by atoms with van der Waals surface area (Å²) >= 11 is 0. The van der Waals surface area contributed by atoms with Gasteiger partial charge in [-0.1, -0.05) is 0 Å². The van der Waals surface area contributed by atoms with Crippen LogP contribution in [0.1, 0.15) is 25.7 Å². The van der Waals surface area contributed by atoms with E-state index in [0.29, 0.717) is 12.8 Å². The lowest BCUT2D eigenvalue weighted by Gasteiger charge is -2.20. The number of amides is 2. The fourth-order valence-corrected chi connectivity index (χ4v) is 1.67. The molecule has 1 atom stereocenters. The predicted octanol–water partition coefficient (Wildman–Crippen LogP) is -1.97. The van der Waals surface area contributed by atoms with E-state index < -0.39 is 35.3 Å². The summed E-state index contributed by atoms with van der Waals surface area (Å²) in [6, 6.07) is -1.30. The molecule has 1 fully saturated rings. The Bertz CT molecular complexity index is 432. The lowest BCUT2D eigenvalue weighted by atomic mass is 10.1. The van der Waals surface area contributed by atoms with Gasteiger partial charge in [-0.15, -0.1) is 0 Å². The van der Waals surface area contributed by atoms with E-state index in [-0.39, 0.29) is 19.4 Å². The first-order valence-electron chi connectivity index (χ1n) is 6.07. The van der Waals surface area contributed by atoms with Crippen LogP contribution in [0.5, 0.6) is 0 Å². The normalized spacial score (nSPS) is 16.9. The Balaban J connectivity index is 2.60. The average Bonchev–Trinajstić information content (AvgIpc) is 3.14. The molecule has 2 amide bonds. The first-order valence-corrected chi connectivity index (χ1v) is 6.07. The van der Waals surface area contributed by atoms with E-state index >= 15 is 0 Å². The summed E-state index contributed by atoms with van der Waals surface area (Å²) < 4.78 is 0. The molecule has 0 aromatic carbocycles. The molecular formula is C11H17N3O6. The molecule has 0 saturated heterocycles. The van der Waals surface area contributed by atoms with E-state index in [1.54, 1.807) is 0 Å². The maximum atomic E-state index is 12.0. The molecule has 1 aliphatic carbocycles. The predicted molar refractivity (Wildman–Crippen MR) is 65.6 cm³/mol. The quantitative estimate of drug-likeness (QED) is 0.346. The second-order valence-electron chi connectivity index (χ2n) is 4.63. The van der Waals surface area contributed by atoms with Crippen LogP contribution in [0.25, 0.3) is 0 Å². The zero-order valence-corrected chi connectivity index (χ0v) is 10.7. The van der Waals surface area contributed by atoms with Gasteiger partial charge in [-0.3, -0.25) is 14.4 Å². The summed E-state index contributed by atoms with van der Waals surface area (Å²) in [6.07, 6.45) is 0.197. The van der Waals surface area contributed by atoms with Crippen molar-refractivity contribution in [1.82, 2.24) is 10.6 Å². The fourth-order valence-electron chi connectivity index (χ4n) is 1.67. The second-order valence-corrected chi connectivity index (χ2v) is 4.63. The number of hydrogen-bond acceptors (Lipinski definition) is 5. The van der Waals surface area contributed by atoms with Gasteiger partial charge in [-0.05, 0) is 19.3 Å². The van der Waals surface area contributed by atoms with Crippen LogP contribution in [0.2, 0.25) is 0 Å². The summed E-state index contributed by atoms with van der Waals surface area (Å²) in [5.41, 5.74) is 4.03. The number of carboxylic acids is 2. The Hall–Kier alpha value is -2.16. The number of carbonyl (C=O) groups is 4. The molecule has 0 bridgehead atoms. The number of hydrogen-bond donors (Lipinski definition) is 5. The van der Waals surface area contributed by atoms with Crippen molar-refractivity contribution in [1.29, 1.82) is 0 Å². The van der Waals surface area contributed by atoms with Crippen LogP contribution in [0, 0.1) is 0 Å². The van der Waals surface area contributed by atoms with E-state index in [0.717, 1.165) is 0 Å². The molecule has 0 heterocycles. The smallest absolute Gasteiger partial charge is 0.326 e. The zero-order chi connectivity index (χ0) is 15.3. The van der Waals surface area contributed by atoms with Crippen molar-refractivity contribution in [3.63, 3.8) is 0 Å². The third-order valence-electron chi connectivity index (χ3n) is 3.00. The first kappa shape index (κ1) is 15.9. The van der Waals surface area contributed by atoms with Crippen LogP contribution in [0.4, 0.5) is 0 Å². The Kier molecular flexibility index (Phi) is 5.03. The molecule has 0 aromatic rings. The molecule has 0 spiro atoms. The molecule has 0 aromatic heterocycles. The molecule has 1 rings (SSSR count). The van der Waals surface area contributed by atoms with Crippen molar-refractivity contribution in [3.05, 3.63) is 0 Å². The van der Waals surface area contributed by atoms with Crippen molar-refractivity contribution in [2.45, 2.75) is 37.3 Å². The second kappa shape index (κ2) is 6.33. The fraction of sp³-hybridized carbons (Fsp3) is 0.636. The third kappa shape index (κ3) is 4.19. The van der Waals surface area contributed by atoms with Crippen molar-refractivity contribution >= 4 is 23.8 Å². The highest BCUT2D eigenvalue weighted by atomic mass is 16.4. The van der Waals surface area contributed by atoms with E-state index in [1.165, 1.54) is 0 Å². The van der Waals surface area contributed by atoms with E-state index in [4.69, 9.17) is 15.9 Å². The van der Waals surface area contributed by atoms with Crippen LogP contribution in [0.3, 0.4) is 0 Å². The molecule has 0 aliphatic heterocycles. The molecule has 0 unspecified atom stereocenters. The largest absolute Gasteiger partial charge is 0.481 e. The monoisotopic (exact) mass is 287 g/mol. The molecule has 9 heteroatoms. The number of rotatable bonds is 8. The summed E-state index contributed by atoms with van der Waals surface area (Å²) in [5, 5.41) is 22.1. The lowest BCUT2D eigenvalue weighted by molar-refractivity contribution is -0.143. The minimum Gasteiger partial charge on any atom is -0.481 e. The van der Waals surface area contributed by atoms with E-state index in [2.05, 4.69) is 10.6 Å². The highest BCUT2D eigenvalue weighted by Crippen LogP contribution is 2.35. The van der Waals surface area contributed by atoms with Gasteiger partial charge in [0.1, 0.15) is 11.6 Å². The number of carbonyl (C=O) groups excluding carboxylic acids is 2. The van der Waals surface area contributed by atoms with Gasteiger partial charge in [-0.25, -0.2) is 4.79 Å². The Labute approximate surface area is 114 Å². The Morgan fingerprint density at radius 2 is 1.80 bits per heavy atom. The maximum absolute atomic E-state index is 12.0. The third-order valence-corrected chi connectivity index (χ3v) is 3.00. The Morgan fingerprint density at radius 3 is 2.20 bits per heavy atom. The summed E-state index contributed by atoms with van der Waals surface area (Å²) in [4.78, 5) is 44.5. The van der Waals surface area contributed by atoms with Gasteiger partial charge >= 0.3 is 11.9 Å². The first-order chi connectivity index (χ1) is 9.30. The number of aliphatic carboxylic acids is 2. The van der Waals surface area contributed by atoms with Gasteiger partial charge < -0.3 is 26.6 Å². The number of nitrogens with one attached hydrogen (secondary N) is 2. The van der Waals surface area contributed by atoms with Gasteiger partial charge in [0.2, 0.25) is 11.8 Å². The van der Waals surface area contributed by atoms with Crippen LogP contribution < -0.4 is 16.4 Å². The van der Waals surface area contributed by atoms with Crippen LogP contribution in [-0.4, -0.2) is 52.1 Å². The van der Waals surface area contributed by atoms with Gasteiger partial charge in [0, 0.05) is 6.42 Å². The molecular weight excluding hydrogens is 270 g/mol. The average molecular weight is 287 g/mol. The highest BCUT2D eigenvalue weighted by Gasteiger charge is 2.51. The minimum atomic E-state index is -1.32. The standard InChI is InChI=1S/C11H17N3O6/c12-5-7(15)14-11(3-4-11)10(20)13-6(9(18)19)1-2-8(16)17/h6H,1-5,12H2,(H,13,20)(H,14,15)(H,16,17)(H,18,19)/t6-/m0/s1. The number of nitrogens with two attached hydrogens (primary N) is 1. The van der Waals surface area contributed by atoms with Gasteiger partial charge in [0.15, 0.2) is 0 Å². The van der Waals surface area contributed by atoms with E-state index in [1.807, 2.05) is 0 Å². The molecule has 6 N–H and O–H groups in total. The van der Waals surface area contributed by atoms with Gasteiger partial charge in [0.05, 0.1) is 6.54 Å². The van der Waals surface area contributed by atoms with Crippen LogP contribution in [0.15, 0.2) is 0 Å². The van der Waals surface area contributed by atoms with E-state index in [9.17, 15) is 19.2 Å². The maximum Gasteiger partial charge on any atom is 0.326 e. The summed E-state index contributed by atoms with van der Waals surface area (Å²) in [5.74, 6) is -3.60. The molecule has 112 valence electrons. The summed E-state index contributed by atoms with van der Waals surface area (Å²) in [7, 11) is 0. The molecule has 9 nitrogen and oxygen atoms in total. The van der Waals surface area contributed by atoms with Crippen molar-refractivity contribution < 1.29 is 29.4 Å². The Morgan fingerprint density at radius 1 is 1.20 bits per heavy atom. The lowest BCUT2D eigenvalue weighted by Crippen LogP contribution is -2.54.